The van der Waals surface area contributed by atoms with Crippen LogP contribution in [0.1, 0.15) is 27.5 Å². The van der Waals surface area contributed by atoms with Gasteiger partial charge in [-0.25, -0.2) is 17.9 Å². The lowest BCUT2D eigenvalue weighted by Crippen LogP contribution is -2.43. The summed E-state index contributed by atoms with van der Waals surface area (Å²) in [6, 6.07) is 12.5. The Morgan fingerprint density at radius 3 is 2.29 bits per heavy atom. The van der Waals surface area contributed by atoms with Crippen LogP contribution in [-0.2, 0) is 14.8 Å². The Labute approximate surface area is 165 Å². The van der Waals surface area contributed by atoms with Gasteiger partial charge in [-0.15, -0.1) is 0 Å². The van der Waals surface area contributed by atoms with Crippen molar-refractivity contribution < 1.29 is 23.1 Å². The van der Waals surface area contributed by atoms with Gasteiger partial charge in [0.15, 0.2) is 0 Å². The maximum atomic E-state index is 12.9. The highest BCUT2D eigenvalue weighted by Gasteiger charge is 2.24. The number of aromatic carboxylic acids is 1. The smallest absolute Gasteiger partial charge is 0.335 e. The van der Waals surface area contributed by atoms with Crippen molar-refractivity contribution in [3.8, 4) is 0 Å². The number of hydrogen-bond acceptors (Lipinski definition) is 5. The van der Waals surface area contributed by atoms with Gasteiger partial charge in [0.1, 0.15) is 0 Å². The third-order valence-electron chi connectivity index (χ3n) is 4.73. The van der Waals surface area contributed by atoms with Gasteiger partial charge in [-0.05, 0) is 36.8 Å². The number of carbonyl (C=O) groups is 1. The average molecular weight is 404 g/mol. The second-order valence-electron chi connectivity index (χ2n) is 6.83. The lowest BCUT2D eigenvalue weighted by Gasteiger charge is -2.31. The first kappa shape index (κ1) is 20.5. The second kappa shape index (κ2) is 8.83. The van der Waals surface area contributed by atoms with Gasteiger partial charge in [-0.2, -0.15) is 0 Å². The topological polar surface area (TPSA) is 95.9 Å². The fourth-order valence-corrected chi connectivity index (χ4v) is 4.30. The van der Waals surface area contributed by atoms with Crippen LogP contribution in [0.2, 0.25) is 0 Å². The van der Waals surface area contributed by atoms with E-state index in [-0.39, 0.29) is 10.5 Å². The minimum Gasteiger partial charge on any atom is -0.478 e. The molecule has 150 valence electrons. The van der Waals surface area contributed by atoms with Crippen molar-refractivity contribution in [1.29, 1.82) is 0 Å². The van der Waals surface area contributed by atoms with Crippen molar-refractivity contribution in [3.05, 3.63) is 65.2 Å². The maximum Gasteiger partial charge on any atom is 0.335 e. The number of morpholine rings is 1. The normalized spacial score (nSPS) is 16.6. The van der Waals surface area contributed by atoms with Crippen LogP contribution in [0.15, 0.2) is 53.4 Å². The summed E-state index contributed by atoms with van der Waals surface area (Å²) in [6.45, 7) is 5.26. The molecule has 3 rings (SSSR count). The Morgan fingerprint density at radius 1 is 1.11 bits per heavy atom. The van der Waals surface area contributed by atoms with Crippen molar-refractivity contribution in [2.24, 2.45) is 0 Å². The number of sulfonamides is 1. The summed E-state index contributed by atoms with van der Waals surface area (Å²) in [5.41, 5.74) is 2.02. The van der Waals surface area contributed by atoms with Crippen LogP contribution in [0.25, 0.3) is 0 Å². The lowest BCUT2D eigenvalue weighted by molar-refractivity contribution is 0.0345. The third-order valence-corrected chi connectivity index (χ3v) is 6.22. The summed E-state index contributed by atoms with van der Waals surface area (Å²) >= 11 is 0. The van der Waals surface area contributed by atoms with E-state index in [2.05, 4.69) is 9.62 Å². The molecule has 28 heavy (non-hydrogen) atoms. The number of ether oxygens (including phenoxy) is 1. The zero-order valence-corrected chi connectivity index (χ0v) is 16.5. The molecule has 1 saturated heterocycles. The number of aryl methyl sites for hydroxylation is 1. The van der Waals surface area contributed by atoms with Crippen LogP contribution in [0, 0.1) is 6.92 Å². The molecule has 0 amide bonds. The molecule has 1 heterocycles. The number of nitrogens with zero attached hydrogens (tertiary/aromatic N) is 1. The average Bonchev–Trinajstić information content (AvgIpc) is 2.69. The van der Waals surface area contributed by atoms with E-state index in [1.807, 2.05) is 31.2 Å². The molecule has 0 aliphatic carbocycles. The lowest BCUT2D eigenvalue weighted by atomic mass is 10.1. The summed E-state index contributed by atoms with van der Waals surface area (Å²) in [4.78, 5) is 13.2. The molecule has 0 spiro atoms. The van der Waals surface area contributed by atoms with E-state index < -0.39 is 22.0 Å². The van der Waals surface area contributed by atoms with Gasteiger partial charge in [0, 0.05) is 19.6 Å². The SMILES string of the molecule is Cc1ccc(C(CN2CCOCC2)NS(=O)(=O)c2ccc(C(=O)O)cc2)cc1. The van der Waals surface area contributed by atoms with Crippen LogP contribution in [0.4, 0.5) is 0 Å². The van der Waals surface area contributed by atoms with Gasteiger partial charge in [0.2, 0.25) is 10.0 Å². The van der Waals surface area contributed by atoms with Crippen LogP contribution < -0.4 is 4.72 Å². The molecule has 0 aromatic heterocycles. The van der Waals surface area contributed by atoms with E-state index in [1.54, 1.807) is 0 Å². The molecule has 1 aliphatic rings. The highest BCUT2D eigenvalue weighted by molar-refractivity contribution is 7.89. The summed E-state index contributed by atoms with van der Waals surface area (Å²) in [7, 11) is -3.81. The zero-order valence-electron chi connectivity index (χ0n) is 15.7. The van der Waals surface area contributed by atoms with Gasteiger partial charge in [-0.1, -0.05) is 29.8 Å². The molecular weight excluding hydrogens is 380 g/mol. The molecule has 2 N–H and O–H groups in total. The van der Waals surface area contributed by atoms with Crippen LogP contribution in [0.3, 0.4) is 0 Å². The molecular formula is C20H24N2O5S. The summed E-state index contributed by atoms with van der Waals surface area (Å²) < 4.78 is 34.0. The predicted octanol–water partition coefficient (Wildman–Crippen LogP) is 2.05. The Balaban J connectivity index is 1.84. The Kier molecular flexibility index (Phi) is 6.46. The highest BCUT2D eigenvalue weighted by atomic mass is 32.2. The van der Waals surface area contributed by atoms with Gasteiger partial charge in [0.25, 0.3) is 0 Å². The Morgan fingerprint density at radius 2 is 1.71 bits per heavy atom. The van der Waals surface area contributed by atoms with Gasteiger partial charge in [0.05, 0.1) is 29.7 Å². The largest absolute Gasteiger partial charge is 0.478 e. The maximum absolute atomic E-state index is 12.9. The minimum atomic E-state index is -3.81. The molecule has 2 aromatic rings. The molecule has 2 aromatic carbocycles. The molecule has 8 heteroatoms. The fraction of sp³-hybridized carbons (Fsp3) is 0.350. The van der Waals surface area contributed by atoms with Crippen molar-refractivity contribution in [2.75, 3.05) is 32.8 Å². The first-order chi connectivity index (χ1) is 13.3. The molecule has 0 radical (unpaired) electrons. The summed E-state index contributed by atoms with van der Waals surface area (Å²) in [5, 5.41) is 9.00. The first-order valence-corrected chi connectivity index (χ1v) is 10.6. The highest BCUT2D eigenvalue weighted by Crippen LogP contribution is 2.20. The molecule has 7 nitrogen and oxygen atoms in total. The van der Waals surface area contributed by atoms with E-state index in [0.717, 1.165) is 24.2 Å². The molecule has 1 aliphatic heterocycles. The number of hydrogen-bond donors (Lipinski definition) is 2. The van der Waals surface area contributed by atoms with E-state index in [1.165, 1.54) is 24.3 Å². The third kappa shape index (κ3) is 5.17. The number of benzene rings is 2. The standard InChI is InChI=1S/C20H24N2O5S/c1-15-2-4-16(5-3-15)19(14-22-10-12-27-13-11-22)21-28(25,26)18-8-6-17(7-9-18)20(23)24/h2-9,19,21H,10-14H2,1H3,(H,23,24). The van der Waals surface area contributed by atoms with E-state index in [9.17, 15) is 13.2 Å². The predicted molar refractivity (Wildman–Crippen MR) is 105 cm³/mol. The van der Waals surface area contributed by atoms with E-state index >= 15 is 0 Å². The van der Waals surface area contributed by atoms with Crippen molar-refractivity contribution in [3.63, 3.8) is 0 Å². The number of rotatable bonds is 7. The summed E-state index contributed by atoms with van der Waals surface area (Å²) in [5.74, 6) is -1.10. The molecule has 0 bridgehead atoms. The van der Waals surface area contributed by atoms with Crippen LogP contribution in [-0.4, -0.2) is 57.2 Å². The minimum absolute atomic E-state index is 0.0385. The van der Waals surface area contributed by atoms with E-state index in [0.29, 0.717) is 19.8 Å². The number of carboxylic acid groups (broad SMARTS) is 1. The van der Waals surface area contributed by atoms with Gasteiger partial charge in [-0.3, -0.25) is 4.90 Å². The van der Waals surface area contributed by atoms with Crippen molar-refractivity contribution in [1.82, 2.24) is 9.62 Å². The van der Waals surface area contributed by atoms with Crippen LogP contribution in [0.5, 0.6) is 0 Å². The number of nitrogens with one attached hydrogen (secondary N) is 1. The van der Waals surface area contributed by atoms with Crippen LogP contribution >= 0.6 is 0 Å². The monoisotopic (exact) mass is 404 g/mol. The van der Waals surface area contributed by atoms with Gasteiger partial charge >= 0.3 is 5.97 Å². The molecule has 1 atom stereocenters. The molecule has 1 fully saturated rings. The summed E-state index contributed by atoms with van der Waals surface area (Å²) in [6.07, 6.45) is 0. The Bertz CT molecular complexity index is 905. The second-order valence-corrected chi connectivity index (χ2v) is 8.54. The quantitative estimate of drug-likeness (QED) is 0.733. The molecule has 0 saturated carbocycles. The van der Waals surface area contributed by atoms with Gasteiger partial charge < -0.3 is 9.84 Å². The van der Waals surface area contributed by atoms with Crippen molar-refractivity contribution >= 4 is 16.0 Å². The van der Waals surface area contributed by atoms with E-state index in [4.69, 9.17) is 9.84 Å². The molecule has 1 unspecified atom stereocenters. The fourth-order valence-electron chi connectivity index (χ4n) is 3.08. The van der Waals surface area contributed by atoms with Crippen molar-refractivity contribution in [2.45, 2.75) is 17.9 Å². The first-order valence-electron chi connectivity index (χ1n) is 9.07. The Hall–Kier alpha value is -2.26. The number of carboxylic acids is 1. The zero-order chi connectivity index (χ0) is 20.1.